The van der Waals surface area contributed by atoms with E-state index < -0.39 is 17.3 Å². The maximum Gasteiger partial charge on any atom is 0.305 e. The summed E-state index contributed by atoms with van der Waals surface area (Å²) in [6, 6.07) is 8.21. The molecule has 0 aliphatic carbocycles. The van der Waals surface area contributed by atoms with Crippen LogP contribution in [0.4, 0.5) is 0 Å². The Labute approximate surface area is 201 Å². The molecule has 0 bridgehead atoms. The number of rotatable bonds is 8. The number of aliphatic hydroxyl groups is 1. The zero-order valence-electron chi connectivity index (χ0n) is 20.0. The topological polar surface area (TPSA) is 155 Å². The van der Waals surface area contributed by atoms with Gasteiger partial charge in [-0.15, -0.1) is 15.3 Å². The number of fused-ring (bicyclic) bond motifs is 1. The van der Waals surface area contributed by atoms with Crippen LogP contribution in [0.3, 0.4) is 0 Å². The second-order valence-electron chi connectivity index (χ2n) is 8.87. The van der Waals surface area contributed by atoms with Crippen LogP contribution in [-0.4, -0.2) is 64.4 Å². The summed E-state index contributed by atoms with van der Waals surface area (Å²) in [5, 5.41) is 40.4. The molecule has 0 saturated heterocycles. The van der Waals surface area contributed by atoms with Gasteiger partial charge in [0.15, 0.2) is 11.9 Å². The van der Waals surface area contributed by atoms with Gasteiger partial charge in [-0.3, -0.25) is 4.79 Å². The molecule has 2 N–H and O–H groups in total. The van der Waals surface area contributed by atoms with Gasteiger partial charge in [0.25, 0.3) is 0 Å². The molecule has 2 atom stereocenters. The first-order valence-corrected chi connectivity index (χ1v) is 11.3. The predicted octanol–water partition coefficient (Wildman–Crippen LogP) is 2.22. The number of ether oxygens (including phenoxy) is 3. The Balaban J connectivity index is 1.65. The van der Waals surface area contributed by atoms with Gasteiger partial charge in [0.1, 0.15) is 17.0 Å². The number of tetrazole rings is 1. The largest absolute Gasteiger partial charge is 0.492 e. The molecule has 3 aromatic rings. The van der Waals surface area contributed by atoms with Gasteiger partial charge < -0.3 is 24.4 Å². The van der Waals surface area contributed by atoms with Gasteiger partial charge in [0.05, 0.1) is 6.61 Å². The van der Waals surface area contributed by atoms with Crippen LogP contribution in [0.1, 0.15) is 52.2 Å². The summed E-state index contributed by atoms with van der Waals surface area (Å²) in [6.07, 6.45) is -0.112. The molecule has 3 heterocycles. The van der Waals surface area contributed by atoms with Crippen LogP contribution in [0, 0.1) is 0 Å². The first kappa shape index (κ1) is 24.3. The zero-order chi connectivity index (χ0) is 25.2. The Morgan fingerprint density at radius 3 is 2.69 bits per heavy atom. The Morgan fingerprint density at radius 2 is 1.97 bits per heavy atom. The molecule has 12 nitrogen and oxygen atoms in total. The average molecular weight is 485 g/mol. The van der Waals surface area contributed by atoms with Gasteiger partial charge >= 0.3 is 5.97 Å². The molecule has 0 unspecified atom stereocenters. The standard InChI is InChI=1S/C23H28N6O6/c1-5-33-19(31)7-6-12-29-21(26-27-28-29)14-8-9-16-15(13-14)20(23(4,32)22(2,3)35-16)34-18-11-10-17(30)24-25-18/h8-11,13,20,32H,5-7,12H2,1-4H3,(H,24,30)/t20-,23+/m1/s1. The van der Waals surface area contributed by atoms with Gasteiger partial charge in [-0.25, -0.2) is 4.68 Å². The van der Waals surface area contributed by atoms with Crippen molar-refractivity contribution < 1.29 is 29.2 Å². The predicted molar refractivity (Wildman–Crippen MR) is 122 cm³/mol. The molecule has 2 aromatic heterocycles. The summed E-state index contributed by atoms with van der Waals surface area (Å²) in [4.78, 5) is 11.6. The molecule has 0 radical (unpaired) electrons. The van der Waals surface area contributed by atoms with E-state index in [1.807, 2.05) is 6.07 Å². The highest BCUT2D eigenvalue weighted by Gasteiger charge is 2.54. The molecule has 0 saturated carbocycles. The van der Waals surface area contributed by atoms with E-state index >= 15 is 0 Å². The van der Waals surface area contributed by atoms with Gasteiger partial charge in [-0.05, 0) is 62.7 Å². The van der Waals surface area contributed by atoms with Crippen molar-refractivity contribution in [2.75, 3.05) is 6.61 Å². The summed E-state index contributed by atoms with van der Waals surface area (Å²) in [6.45, 7) is 7.69. The lowest BCUT2D eigenvalue weighted by molar-refractivity contribution is -0.175. The minimum Gasteiger partial charge on any atom is -0.492 e. The van der Waals surface area contributed by atoms with Crippen molar-refractivity contribution in [3.8, 4) is 28.9 Å². The summed E-state index contributed by atoms with van der Waals surface area (Å²) in [5.41, 5.74) is -1.22. The van der Waals surface area contributed by atoms with Crippen molar-refractivity contribution in [1.29, 1.82) is 0 Å². The number of hydrogen-bond acceptors (Lipinski definition) is 11. The number of aromatic hydroxyl groups is 1. The lowest BCUT2D eigenvalue weighted by Gasteiger charge is -2.48. The monoisotopic (exact) mass is 484 g/mol. The maximum absolute atomic E-state index is 11.6. The molecule has 0 spiro atoms. The number of nitrogens with zero attached hydrogens (tertiary/aromatic N) is 6. The minimum atomic E-state index is -1.47. The van der Waals surface area contributed by atoms with E-state index in [0.29, 0.717) is 42.3 Å². The maximum atomic E-state index is 11.6. The van der Waals surface area contributed by atoms with E-state index in [4.69, 9.17) is 14.2 Å². The second-order valence-corrected chi connectivity index (χ2v) is 8.87. The lowest BCUT2D eigenvalue weighted by Crippen LogP contribution is -2.59. The van der Waals surface area contributed by atoms with Crippen LogP contribution >= 0.6 is 0 Å². The normalized spacial score (nSPS) is 20.5. The lowest BCUT2D eigenvalue weighted by atomic mass is 9.76. The number of hydrogen-bond donors (Lipinski definition) is 2. The third-order valence-electron chi connectivity index (χ3n) is 6.10. The van der Waals surface area contributed by atoms with Crippen LogP contribution in [0.2, 0.25) is 0 Å². The van der Waals surface area contributed by atoms with Crippen LogP contribution in [0.15, 0.2) is 30.3 Å². The van der Waals surface area contributed by atoms with E-state index in [0.717, 1.165) is 0 Å². The van der Waals surface area contributed by atoms with Crippen molar-refractivity contribution in [1.82, 2.24) is 30.4 Å². The Morgan fingerprint density at radius 1 is 1.17 bits per heavy atom. The van der Waals surface area contributed by atoms with E-state index in [9.17, 15) is 15.0 Å². The Kier molecular flexibility index (Phi) is 6.57. The first-order chi connectivity index (χ1) is 16.6. The summed E-state index contributed by atoms with van der Waals surface area (Å²) < 4.78 is 18.8. The van der Waals surface area contributed by atoms with Crippen molar-refractivity contribution in [3.63, 3.8) is 0 Å². The third kappa shape index (κ3) is 4.87. The number of esters is 1. The number of carbonyl (C=O) groups excluding carboxylic acids is 1. The molecule has 12 heteroatoms. The van der Waals surface area contributed by atoms with Gasteiger partial charge in [0, 0.05) is 36.2 Å². The minimum absolute atomic E-state index is 0.130. The highest BCUT2D eigenvalue weighted by molar-refractivity contribution is 5.69. The third-order valence-corrected chi connectivity index (χ3v) is 6.10. The Bertz CT molecular complexity index is 1190. The fraction of sp³-hybridized carbons (Fsp3) is 0.478. The van der Waals surface area contributed by atoms with E-state index in [1.165, 1.54) is 12.1 Å². The molecule has 1 aliphatic rings. The number of benzene rings is 1. The van der Waals surface area contributed by atoms with Gasteiger partial charge in [-0.2, -0.15) is 0 Å². The smallest absolute Gasteiger partial charge is 0.305 e. The molecule has 186 valence electrons. The fourth-order valence-electron chi connectivity index (χ4n) is 3.83. The molecule has 0 fully saturated rings. The van der Waals surface area contributed by atoms with Gasteiger partial charge in [-0.1, -0.05) is 0 Å². The highest BCUT2D eigenvalue weighted by Crippen LogP contribution is 2.48. The van der Waals surface area contributed by atoms with Crippen LogP contribution in [0.5, 0.6) is 17.5 Å². The Hall–Kier alpha value is -3.80. The highest BCUT2D eigenvalue weighted by atomic mass is 16.6. The molecule has 1 aromatic carbocycles. The van der Waals surface area contributed by atoms with E-state index in [1.54, 1.807) is 44.5 Å². The molecule has 1 aliphatic heterocycles. The molecular formula is C23H28N6O6. The summed E-state index contributed by atoms with van der Waals surface area (Å²) >= 11 is 0. The summed E-state index contributed by atoms with van der Waals surface area (Å²) in [7, 11) is 0. The van der Waals surface area contributed by atoms with Crippen LogP contribution in [-0.2, 0) is 16.1 Å². The van der Waals surface area contributed by atoms with Crippen molar-refractivity contribution in [2.24, 2.45) is 0 Å². The average Bonchev–Trinajstić information content (AvgIpc) is 3.27. The SMILES string of the molecule is CCOC(=O)CCCn1nnnc1-c1ccc2c(c1)[C@@H](Oc1ccc(O)nn1)[C@](C)(O)C(C)(C)O2. The number of carbonyl (C=O) groups is 1. The molecule has 4 rings (SSSR count). The fourth-order valence-corrected chi connectivity index (χ4v) is 3.83. The van der Waals surface area contributed by atoms with Gasteiger partial charge in [0.2, 0.25) is 11.8 Å². The van der Waals surface area contributed by atoms with Crippen molar-refractivity contribution in [3.05, 3.63) is 35.9 Å². The summed E-state index contributed by atoms with van der Waals surface area (Å²) in [5.74, 6) is 0.641. The van der Waals surface area contributed by atoms with E-state index in [2.05, 4.69) is 25.7 Å². The number of aromatic nitrogens is 6. The van der Waals surface area contributed by atoms with Crippen LogP contribution < -0.4 is 9.47 Å². The number of aryl methyl sites for hydroxylation is 1. The van der Waals surface area contributed by atoms with E-state index in [-0.39, 0.29) is 24.2 Å². The molecule has 35 heavy (non-hydrogen) atoms. The molecule has 0 amide bonds. The second kappa shape index (κ2) is 9.45. The molecular weight excluding hydrogens is 456 g/mol. The van der Waals surface area contributed by atoms with Crippen molar-refractivity contribution >= 4 is 5.97 Å². The van der Waals surface area contributed by atoms with Crippen LogP contribution in [0.25, 0.3) is 11.4 Å². The first-order valence-electron chi connectivity index (χ1n) is 11.3. The zero-order valence-corrected chi connectivity index (χ0v) is 20.0. The van der Waals surface area contributed by atoms with Crippen molar-refractivity contribution in [2.45, 2.75) is 64.4 Å². The quantitative estimate of drug-likeness (QED) is 0.452.